The number of amides is 1. The zero-order valence-corrected chi connectivity index (χ0v) is 11.9. The molecule has 0 N–H and O–H groups in total. The Morgan fingerprint density at radius 3 is 2.79 bits per heavy atom. The largest absolute Gasteiger partial charge is 0.466 e. The molecule has 0 aromatic heterocycles. The molecule has 19 heavy (non-hydrogen) atoms. The maximum Gasteiger partial charge on any atom is 0.307 e. The number of rotatable bonds is 4. The Bertz CT molecular complexity index is 556. The molecule has 6 heteroatoms. The van der Waals surface area contributed by atoms with Gasteiger partial charge in [-0.1, -0.05) is 6.07 Å². The molecule has 1 amide bonds. The summed E-state index contributed by atoms with van der Waals surface area (Å²) in [7, 11) is 0. The Labute approximate surface area is 118 Å². The molecule has 0 saturated carbocycles. The van der Waals surface area contributed by atoms with Gasteiger partial charge in [-0.3, -0.25) is 14.4 Å². The van der Waals surface area contributed by atoms with Crippen LogP contribution in [0.3, 0.4) is 0 Å². The summed E-state index contributed by atoms with van der Waals surface area (Å²) in [4.78, 5) is 36.3. The fraction of sp³-hybridized carbons (Fsp3) is 0.308. The van der Waals surface area contributed by atoms with Gasteiger partial charge in [-0.2, -0.15) is 0 Å². The monoisotopic (exact) mass is 325 g/mol. The number of Topliss-reactive ketones (excluding diaryl/α,β-unsaturated/α-hetero) is 1. The molecule has 0 aliphatic carbocycles. The topological polar surface area (TPSA) is 63.7 Å². The molecule has 0 radical (unpaired) electrons. The molecule has 0 bridgehead atoms. The Morgan fingerprint density at radius 2 is 2.11 bits per heavy atom. The zero-order valence-electron chi connectivity index (χ0n) is 10.3. The first-order valence-electron chi connectivity index (χ1n) is 5.86. The summed E-state index contributed by atoms with van der Waals surface area (Å²) >= 11 is 3.32. The first-order valence-corrected chi connectivity index (χ1v) is 6.66. The van der Waals surface area contributed by atoms with Gasteiger partial charge in [-0.05, 0) is 35.0 Å². The van der Waals surface area contributed by atoms with Crippen molar-refractivity contribution in [1.82, 2.24) is 0 Å². The van der Waals surface area contributed by atoms with Crippen LogP contribution in [0.2, 0.25) is 0 Å². The number of fused-ring (bicyclic) bond motifs is 1. The average molecular weight is 326 g/mol. The number of esters is 1. The van der Waals surface area contributed by atoms with Gasteiger partial charge in [0.2, 0.25) is 0 Å². The smallest absolute Gasteiger partial charge is 0.307 e. The molecule has 1 aliphatic rings. The maximum absolute atomic E-state index is 11.9. The lowest BCUT2D eigenvalue weighted by atomic mass is 10.1. The van der Waals surface area contributed by atoms with Crippen molar-refractivity contribution in [2.45, 2.75) is 13.3 Å². The van der Waals surface area contributed by atoms with Crippen molar-refractivity contribution in [3.8, 4) is 0 Å². The van der Waals surface area contributed by atoms with E-state index in [9.17, 15) is 14.4 Å². The van der Waals surface area contributed by atoms with E-state index in [-0.39, 0.29) is 18.9 Å². The second kappa shape index (κ2) is 5.52. The second-order valence-electron chi connectivity index (χ2n) is 3.98. The fourth-order valence-electron chi connectivity index (χ4n) is 1.96. The van der Waals surface area contributed by atoms with Crippen LogP contribution in [-0.2, 0) is 14.3 Å². The van der Waals surface area contributed by atoms with Crippen LogP contribution in [0.5, 0.6) is 0 Å². The van der Waals surface area contributed by atoms with Crippen LogP contribution in [-0.4, -0.2) is 30.8 Å². The highest BCUT2D eigenvalue weighted by Gasteiger charge is 2.37. The Balaban J connectivity index is 2.21. The van der Waals surface area contributed by atoms with E-state index in [1.54, 1.807) is 25.1 Å². The van der Waals surface area contributed by atoms with Gasteiger partial charge in [0, 0.05) is 11.0 Å². The number of hydrogen-bond donors (Lipinski definition) is 0. The molecule has 5 nitrogen and oxygen atoms in total. The highest BCUT2D eigenvalue weighted by atomic mass is 79.9. The summed E-state index contributed by atoms with van der Waals surface area (Å²) < 4.78 is 5.47. The molecule has 2 rings (SSSR count). The van der Waals surface area contributed by atoms with Gasteiger partial charge in [0.1, 0.15) is 0 Å². The van der Waals surface area contributed by atoms with E-state index in [0.29, 0.717) is 22.3 Å². The summed E-state index contributed by atoms with van der Waals surface area (Å²) in [5.41, 5.74) is 0.894. The lowest BCUT2D eigenvalue weighted by Crippen LogP contribution is -2.32. The Morgan fingerprint density at radius 1 is 1.37 bits per heavy atom. The third-order valence-electron chi connectivity index (χ3n) is 2.79. The number of halogens is 1. The number of ether oxygens (including phenoxy) is 1. The first kappa shape index (κ1) is 13.7. The Hall–Kier alpha value is -1.69. The molecule has 1 heterocycles. The summed E-state index contributed by atoms with van der Waals surface area (Å²) in [6.07, 6.45) is 0.0631. The van der Waals surface area contributed by atoms with Crippen molar-refractivity contribution in [2.24, 2.45) is 0 Å². The van der Waals surface area contributed by atoms with Crippen LogP contribution >= 0.6 is 15.9 Å². The molecule has 100 valence electrons. The molecule has 1 aliphatic heterocycles. The van der Waals surface area contributed by atoms with E-state index >= 15 is 0 Å². The number of benzene rings is 1. The lowest BCUT2D eigenvalue weighted by molar-refractivity contribution is -0.142. The minimum Gasteiger partial charge on any atom is -0.466 e. The zero-order chi connectivity index (χ0) is 14.0. The van der Waals surface area contributed by atoms with Crippen molar-refractivity contribution >= 4 is 39.3 Å². The molecule has 0 unspecified atom stereocenters. The summed E-state index contributed by atoms with van der Waals surface area (Å²) in [6, 6.07) is 5.05. The van der Waals surface area contributed by atoms with Crippen LogP contribution in [0.25, 0.3) is 0 Å². The fourth-order valence-corrected chi connectivity index (χ4v) is 2.54. The molecule has 1 aromatic carbocycles. The van der Waals surface area contributed by atoms with E-state index in [4.69, 9.17) is 4.74 Å². The number of ketones is 1. The highest BCUT2D eigenvalue weighted by molar-refractivity contribution is 9.10. The number of hydrogen-bond acceptors (Lipinski definition) is 4. The van der Waals surface area contributed by atoms with Gasteiger partial charge in [0.25, 0.3) is 11.7 Å². The van der Waals surface area contributed by atoms with Gasteiger partial charge >= 0.3 is 5.97 Å². The number of carbonyl (C=O) groups is 3. The predicted molar refractivity (Wildman–Crippen MR) is 72.1 cm³/mol. The molecule has 0 saturated heterocycles. The molecular formula is C13H12BrNO4. The SMILES string of the molecule is CCOC(=O)CCN1C(=O)C(=O)c2cccc(Br)c21. The van der Waals surface area contributed by atoms with Crippen molar-refractivity contribution in [1.29, 1.82) is 0 Å². The molecule has 0 atom stereocenters. The van der Waals surface area contributed by atoms with Crippen LogP contribution in [0.1, 0.15) is 23.7 Å². The van der Waals surface area contributed by atoms with Crippen molar-refractivity contribution in [3.05, 3.63) is 28.2 Å². The highest BCUT2D eigenvalue weighted by Crippen LogP contribution is 2.35. The molecular weight excluding hydrogens is 314 g/mol. The van der Waals surface area contributed by atoms with Gasteiger partial charge in [-0.25, -0.2) is 0 Å². The Kier molecular flexibility index (Phi) is 3.99. The normalized spacial score (nSPS) is 13.7. The van der Waals surface area contributed by atoms with E-state index in [2.05, 4.69) is 15.9 Å². The summed E-state index contributed by atoms with van der Waals surface area (Å²) in [5.74, 6) is -1.53. The first-order chi connectivity index (χ1) is 9.06. The van der Waals surface area contributed by atoms with Crippen LogP contribution < -0.4 is 4.90 Å². The predicted octanol–water partition coefficient (Wildman–Crippen LogP) is 1.93. The third-order valence-corrected chi connectivity index (χ3v) is 3.43. The van der Waals surface area contributed by atoms with Gasteiger partial charge in [0.05, 0.1) is 24.3 Å². The van der Waals surface area contributed by atoms with E-state index in [1.165, 1.54) is 4.90 Å². The van der Waals surface area contributed by atoms with Crippen molar-refractivity contribution < 1.29 is 19.1 Å². The molecule has 0 fully saturated rings. The average Bonchev–Trinajstić information content (AvgIpc) is 2.62. The van der Waals surface area contributed by atoms with E-state index in [1.807, 2.05) is 0 Å². The number of carbonyl (C=O) groups excluding carboxylic acids is 3. The van der Waals surface area contributed by atoms with E-state index in [0.717, 1.165) is 0 Å². The van der Waals surface area contributed by atoms with Crippen LogP contribution in [0.15, 0.2) is 22.7 Å². The number of anilines is 1. The molecule has 1 aromatic rings. The van der Waals surface area contributed by atoms with Gasteiger partial charge in [0.15, 0.2) is 0 Å². The number of para-hydroxylation sites is 1. The minimum absolute atomic E-state index is 0.0631. The molecule has 0 spiro atoms. The van der Waals surface area contributed by atoms with Gasteiger partial charge < -0.3 is 9.64 Å². The third kappa shape index (κ3) is 2.53. The van der Waals surface area contributed by atoms with Crippen LogP contribution in [0, 0.1) is 0 Å². The van der Waals surface area contributed by atoms with Crippen molar-refractivity contribution in [2.75, 3.05) is 18.1 Å². The summed E-state index contributed by atoms with van der Waals surface area (Å²) in [6.45, 7) is 2.15. The van der Waals surface area contributed by atoms with Crippen molar-refractivity contribution in [3.63, 3.8) is 0 Å². The standard InChI is InChI=1S/C13H12BrNO4/c1-2-19-10(16)6-7-15-11-8(12(17)13(15)18)4-3-5-9(11)14/h3-5H,2,6-7H2,1H3. The second-order valence-corrected chi connectivity index (χ2v) is 4.83. The summed E-state index contributed by atoms with van der Waals surface area (Å²) in [5, 5.41) is 0. The quantitative estimate of drug-likeness (QED) is 0.626. The lowest BCUT2D eigenvalue weighted by Gasteiger charge is -2.17. The minimum atomic E-state index is -0.605. The maximum atomic E-state index is 11.9. The number of nitrogens with zero attached hydrogens (tertiary/aromatic N) is 1. The van der Waals surface area contributed by atoms with Gasteiger partial charge in [-0.15, -0.1) is 0 Å². The van der Waals surface area contributed by atoms with E-state index < -0.39 is 11.7 Å². The van der Waals surface area contributed by atoms with Crippen LogP contribution in [0.4, 0.5) is 5.69 Å².